The van der Waals surface area contributed by atoms with Crippen LogP contribution in [-0.4, -0.2) is 26.8 Å². The zero-order valence-electron chi connectivity index (χ0n) is 10.0. The molecule has 0 unspecified atom stereocenters. The molecule has 1 aliphatic heterocycles. The minimum absolute atomic E-state index is 0.752. The first-order valence-corrected chi connectivity index (χ1v) is 5.85. The average Bonchev–Trinajstić information content (AvgIpc) is 2.54. The molecule has 0 radical (unpaired) electrons. The maximum absolute atomic E-state index is 5.75. The molecule has 0 aliphatic carbocycles. The van der Waals surface area contributed by atoms with Crippen LogP contribution < -0.4 is 14.8 Å². The molecule has 0 bridgehead atoms. The van der Waals surface area contributed by atoms with E-state index in [-0.39, 0.29) is 0 Å². The molecule has 0 amide bonds. The van der Waals surface area contributed by atoms with Crippen LogP contribution >= 0.6 is 0 Å². The third kappa shape index (κ3) is 2.30. The molecule has 16 heavy (non-hydrogen) atoms. The van der Waals surface area contributed by atoms with Crippen molar-refractivity contribution in [2.75, 3.05) is 26.8 Å². The van der Waals surface area contributed by atoms with Crippen LogP contribution in [0.3, 0.4) is 0 Å². The number of fused-ring (bicyclic) bond motifs is 1. The summed E-state index contributed by atoms with van der Waals surface area (Å²) >= 11 is 0. The molecule has 0 saturated heterocycles. The predicted molar refractivity (Wildman–Crippen MR) is 64.4 cm³/mol. The molecule has 1 aliphatic rings. The van der Waals surface area contributed by atoms with Gasteiger partial charge in [0.2, 0.25) is 0 Å². The van der Waals surface area contributed by atoms with E-state index < -0.39 is 0 Å². The number of rotatable bonds is 3. The van der Waals surface area contributed by atoms with Gasteiger partial charge in [-0.2, -0.15) is 0 Å². The van der Waals surface area contributed by atoms with Gasteiger partial charge in [0.25, 0.3) is 0 Å². The summed E-state index contributed by atoms with van der Waals surface area (Å²) < 4.78 is 11.4. The number of hydrogen-bond donors (Lipinski definition) is 1. The molecule has 0 saturated carbocycles. The highest BCUT2D eigenvalue weighted by Crippen LogP contribution is 2.34. The second-order valence-electron chi connectivity index (χ2n) is 4.08. The summed E-state index contributed by atoms with van der Waals surface area (Å²) in [5, 5.41) is 3.16. The van der Waals surface area contributed by atoms with Crippen molar-refractivity contribution >= 4 is 0 Å². The molecule has 1 aromatic carbocycles. The molecule has 88 valence electrons. The molecule has 3 heteroatoms. The summed E-state index contributed by atoms with van der Waals surface area (Å²) in [6, 6.07) is 4.17. The van der Waals surface area contributed by atoms with Gasteiger partial charge in [-0.15, -0.1) is 0 Å². The maximum atomic E-state index is 5.75. The number of benzene rings is 1. The molecule has 1 heterocycles. The van der Waals surface area contributed by atoms with Crippen LogP contribution in [0.25, 0.3) is 0 Å². The largest absolute Gasteiger partial charge is 0.490 e. The summed E-state index contributed by atoms with van der Waals surface area (Å²) in [4.78, 5) is 0. The predicted octanol–water partition coefficient (Wildman–Crippen LogP) is 1.92. The van der Waals surface area contributed by atoms with E-state index in [1.807, 2.05) is 13.1 Å². The average molecular weight is 221 g/mol. The van der Waals surface area contributed by atoms with Crippen molar-refractivity contribution in [1.29, 1.82) is 0 Å². The lowest BCUT2D eigenvalue weighted by molar-refractivity contribution is 0.296. The Hall–Kier alpha value is -1.22. The van der Waals surface area contributed by atoms with Gasteiger partial charge in [-0.1, -0.05) is 6.07 Å². The van der Waals surface area contributed by atoms with Crippen molar-refractivity contribution in [1.82, 2.24) is 5.32 Å². The Morgan fingerprint density at radius 2 is 2.06 bits per heavy atom. The lowest BCUT2D eigenvalue weighted by Crippen LogP contribution is -2.11. The molecule has 2 rings (SSSR count). The topological polar surface area (TPSA) is 30.5 Å². The molecule has 1 N–H and O–H groups in total. The first-order chi connectivity index (χ1) is 7.83. The molecular formula is C13H19NO2. The second kappa shape index (κ2) is 5.21. The summed E-state index contributed by atoms with van der Waals surface area (Å²) in [7, 11) is 1.97. The smallest absolute Gasteiger partial charge is 0.164 e. The van der Waals surface area contributed by atoms with Crippen molar-refractivity contribution in [3.63, 3.8) is 0 Å². The lowest BCUT2D eigenvalue weighted by atomic mass is 10.0. The first kappa shape index (κ1) is 11.3. The minimum Gasteiger partial charge on any atom is -0.490 e. The first-order valence-electron chi connectivity index (χ1n) is 5.85. The van der Waals surface area contributed by atoms with Gasteiger partial charge in [-0.05, 0) is 44.1 Å². The molecule has 0 atom stereocenters. The van der Waals surface area contributed by atoms with Crippen LogP contribution in [0.5, 0.6) is 11.5 Å². The Bertz CT molecular complexity index is 363. The van der Waals surface area contributed by atoms with Crippen molar-refractivity contribution in [2.24, 2.45) is 0 Å². The Kier molecular flexibility index (Phi) is 3.67. The van der Waals surface area contributed by atoms with Gasteiger partial charge in [0.15, 0.2) is 11.5 Å². The fourth-order valence-corrected chi connectivity index (χ4v) is 1.95. The summed E-state index contributed by atoms with van der Waals surface area (Å²) in [6.45, 7) is 4.60. The highest BCUT2D eigenvalue weighted by Gasteiger charge is 2.14. The SMILES string of the molecule is CNCCc1ccc2c(c1C)OCCCO2. The fourth-order valence-electron chi connectivity index (χ4n) is 1.95. The van der Waals surface area contributed by atoms with Gasteiger partial charge in [0, 0.05) is 6.42 Å². The van der Waals surface area contributed by atoms with E-state index in [4.69, 9.17) is 9.47 Å². The quantitative estimate of drug-likeness (QED) is 0.846. The van der Waals surface area contributed by atoms with E-state index in [2.05, 4.69) is 18.3 Å². The maximum Gasteiger partial charge on any atom is 0.164 e. The van der Waals surface area contributed by atoms with Crippen LogP contribution in [0.1, 0.15) is 17.5 Å². The molecule has 0 fully saturated rings. The molecule has 0 aromatic heterocycles. The summed E-state index contributed by atoms with van der Waals surface area (Å²) in [5.74, 6) is 1.83. The van der Waals surface area contributed by atoms with Gasteiger partial charge >= 0.3 is 0 Å². The van der Waals surface area contributed by atoms with Gasteiger partial charge in [0.1, 0.15) is 0 Å². The molecule has 1 aromatic rings. The van der Waals surface area contributed by atoms with E-state index >= 15 is 0 Å². The molecular weight excluding hydrogens is 202 g/mol. The van der Waals surface area contributed by atoms with E-state index in [0.29, 0.717) is 0 Å². The summed E-state index contributed by atoms with van der Waals surface area (Å²) in [6.07, 6.45) is 1.99. The third-order valence-electron chi connectivity index (χ3n) is 2.92. The van der Waals surface area contributed by atoms with E-state index in [0.717, 1.165) is 44.1 Å². The van der Waals surface area contributed by atoms with Crippen LogP contribution in [0.15, 0.2) is 12.1 Å². The molecule has 3 nitrogen and oxygen atoms in total. The number of ether oxygens (including phenoxy) is 2. The zero-order valence-corrected chi connectivity index (χ0v) is 10.0. The van der Waals surface area contributed by atoms with Crippen LogP contribution in [0.4, 0.5) is 0 Å². The normalized spacial score (nSPS) is 14.6. The number of hydrogen-bond acceptors (Lipinski definition) is 3. The lowest BCUT2D eigenvalue weighted by Gasteiger charge is -2.13. The van der Waals surface area contributed by atoms with Crippen molar-refractivity contribution in [3.8, 4) is 11.5 Å². The van der Waals surface area contributed by atoms with Gasteiger partial charge < -0.3 is 14.8 Å². The van der Waals surface area contributed by atoms with Gasteiger partial charge in [-0.3, -0.25) is 0 Å². The second-order valence-corrected chi connectivity index (χ2v) is 4.08. The van der Waals surface area contributed by atoms with Crippen LogP contribution in [0, 0.1) is 6.92 Å². The highest BCUT2D eigenvalue weighted by atomic mass is 16.5. The van der Waals surface area contributed by atoms with E-state index in [1.165, 1.54) is 11.1 Å². The Morgan fingerprint density at radius 1 is 1.25 bits per heavy atom. The van der Waals surface area contributed by atoms with Gasteiger partial charge in [0.05, 0.1) is 13.2 Å². The monoisotopic (exact) mass is 221 g/mol. The fraction of sp³-hybridized carbons (Fsp3) is 0.538. The highest BCUT2D eigenvalue weighted by molar-refractivity contribution is 5.50. The summed E-state index contributed by atoms with van der Waals surface area (Å²) in [5.41, 5.74) is 2.55. The van der Waals surface area contributed by atoms with Crippen molar-refractivity contribution in [2.45, 2.75) is 19.8 Å². The zero-order chi connectivity index (χ0) is 11.4. The third-order valence-corrected chi connectivity index (χ3v) is 2.92. The number of nitrogens with one attached hydrogen (secondary N) is 1. The molecule has 0 spiro atoms. The van der Waals surface area contributed by atoms with E-state index in [9.17, 15) is 0 Å². The van der Waals surface area contributed by atoms with Crippen molar-refractivity contribution in [3.05, 3.63) is 23.3 Å². The van der Waals surface area contributed by atoms with Crippen molar-refractivity contribution < 1.29 is 9.47 Å². The van der Waals surface area contributed by atoms with E-state index in [1.54, 1.807) is 0 Å². The Balaban J connectivity index is 2.26. The minimum atomic E-state index is 0.752. The Morgan fingerprint density at radius 3 is 2.88 bits per heavy atom. The van der Waals surface area contributed by atoms with Crippen LogP contribution in [-0.2, 0) is 6.42 Å². The van der Waals surface area contributed by atoms with Crippen LogP contribution in [0.2, 0.25) is 0 Å². The number of likely N-dealkylation sites (N-methyl/N-ethyl adjacent to an activating group) is 1. The Labute approximate surface area is 96.8 Å². The standard InChI is InChI=1S/C13H19NO2/c1-10-11(6-7-14-2)4-5-12-13(10)16-9-3-8-15-12/h4-5,14H,3,6-9H2,1-2H3. The van der Waals surface area contributed by atoms with Gasteiger partial charge in [-0.25, -0.2) is 0 Å².